The molecule has 12 heteroatoms. The average molecular weight is 366 g/mol. The number of thiol groups is 1. The fraction of sp³-hybridized carbons (Fsp3) is 0.667. The van der Waals surface area contributed by atoms with Crippen LogP contribution in [0.2, 0.25) is 0 Å². The molecule has 0 aromatic heterocycles. The molecule has 0 radical (unpaired) electrons. The molecule has 0 rings (SSSR count). The molecule has 0 aliphatic heterocycles. The highest BCUT2D eigenvalue weighted by molar-refractivity contribution is 7.80. The number of carbonyl (C=O) groups is 4. The number of amides is 3. The van der Waals surface area contributed by atoms with Crippen LogP contribution in [0.1, 0.15) is 6.92 Å². The Morgan fingerprint density at radius 2 is 1.71 bits per heavy atom. The second-order valence-corrected chi connectivity index (χ2v) is 5.23. The summed E-state index contributed by atoms with van der Waals surface area (Å²) >= 11 is 3.76. The fourth-order valence-electron chi connectivity index (χ4n) is 1.40. The van der Waals surface area contributed by atoms with Crippen molar-refractivity contribution < 1.29 is 34.5 Å². The first-order chi connectivity index (χ1) is 11.1. The maximum Gasteiger partial charge on any atom is 0.327 e. The van der Waals surface area contributed by atoms with E-state index in [1.54, 1.807) is 0 Å². The van der Waals surface area contributed by atoms with Gasteiger partial charge in [0.05, 0.1) is 19.3 Å². The Balaban J connectivity index is 4.50. The summed E-state index contributed by atoms with van der Waals surface area (Å²) in [4.78, 5) is 45.7. The Morgan fingerprint density at radius 1 is 1.12 bits per heavy atom. The van der Waals surface area contributed by atoms with Crippen LogP contribution >= 0.6 is 12.6 Å². The monoisotopic (exact) mass is 366 g/mol. The highest BCUT2D eigenvalue weighted by Crippen LogP contribution is 1.92. The van der Waals surface area contributed by atoms with Crippen molar-refractivity contribution in [2.75, 3.05) is 18.9 Å². The van der Waals surface area contributed by atoms with Crippen molar-refractivity contribution in [3.63, 3.8) is 0 Å². The Morgan fingerprint density at radius 3 is 2.12 bits per heavy atom. The van der Waals surface area contributed by atoms with E-state index in [0.29, 0.717) is 0 Å². The van der Waals surface area contributed by atoms with Crippen LogP contribution in [0.15, 0.2) is 0 Å². The molecule has 0 saturated heterocycles. The number of nitrogens with one attached hydrogen (secondary N) is 3. The number of carboxylic acids is 1. The van der Waals surface area contributed by atoms with Crippen molar-refractivity contribution in [3.8, 4) is 0 Å². The third-order valence-electron chi connectivity index (χ3n) is 2.88. The molecule has 138 valence electrons. The van der Waals surface area contributed by atoms with Crippen molar-refractivity contribution in [1.82, 2.24) is 16.0 Å². The lowest BCUT2D eigenvalue weighted by atomic mass is 10.2. The van der Waals surface area contributed by atoms with Crippen LogP contribution in [-0.4, -0.2) is 82.1 Å². The molecule has 0 fully saturated rings. The van der Waals surface area contributed by atoms with Crippen molar-refractivity contribution in [3.05, 3.63) is 0 Å². The highest BCUT2D eigenvalue weighted by Gasteiger charge is 2.26. The molecule has 0 aliphatic carbocycles. The van der Waals surface area contributed by atoms with Gasteiger partial charge < -0.3 is 37.0 Å². The number of carboxylic acid groups (broad SMARTS) is 1. The largest absolute Gasteiger partial charge is 0.480 e. The minimum absolute atomic E-state index is 0.180. The number of carbonyl (C=O) groups excluding carboxylic acids is 3. The van der Waals surface area contributed by atoms with Crippen molar-refractivity contribution in [1.29, 1.82) is 0 Å². The lowest BCUT2D eigenvalue weighted by Gasteiger charge is -2.19. The number of aliphatic hydroxyl groups is 2. The molecule has 3 amide bonds. The molecule has 0 saturated carbocycles. The summed E-state index contributed by atoms with van der Waals surface area (Å²) in [5.74, 6) is -4.00. The summed E-state index contributed by atoms with van der Waals surface area (Å²) in [6, 6.07) is -3.90. The lowest BCUT2D eigenvalue weighted by molar-refractivity contribution is -0.141. The second kappa shape index (κ2) is 10.8. The SMILES string of the molecule is CC(O)C(N)C(=O)NCC(=O)NC(CO)C(=O)NC(CS)C(=O)O. The van der Waals surface area contributed by atoms with Gasteiger partial charge in [0.1, 0.15) is 18.1 Å². The zero-order valence-electron chi connectivity index (χ0n) is 12.9. The molecule has 0 aromatic rings. The van der Waals surface area contributed by atoms with E-state index in [1.807, 2.05) is 0 Å². The van der Waals surface area contributed by atoms with Crippen LogP contribution in [0, 0.1) is 0 Å². The fourth-order valence-corrected chi connectivity index (χ4v) is 1.65. The molecule has 4 atom stereocenters. The highest BCUT2D eigenvalue weighted by atomic mass is 32.1. The van der Waals surface area contributed by atoms with Gasteiger partial charge in [-0.25, -0.2) is 4.79 Å². The van der Waals surface area contributed by atoms with E-state index in [0.717, 1.165) is 0 Å². The maximum atomic E-state index is 11.8. The molecule has 24 heavy (non-hydrogen) atoms. The zero-order chi connectivity index (χ0) is 18.9. The van der Waals surface area contributed by atoms with Crippen LogP contribution in [0.25, 0.3) is 0 Å². The maximum absolute atomic E-state index is 11.8. The van der Waals surface area contributed by atoms with E-state index < -0.39 is 61.1 Å². The lowest BCUT2D eigenvalue weighted by Crippen LogP contribution is -2.55. The van der Waals surface area contributed by atoms with Gasteiger partial charge >= 0.3 is 5.97 Å². The summed E-state index contributed by atoms with van der Waals surface area (Å²) in [7, 11) is 0. The first kappa shape index (κ1) is 22.1. The van der Waals surface area contributed by atoms with Crippen LogP contribution in [0.4, 0.5) is 0 Å². The number of rotatable bonds is 10. The Labute approximate surface area is 143 Å². The van der Waals surface area contributed by atoms with Gasteiger partial charge in [-0.1, -0.05) is 0 Å². The summed E-state index contributed by atoms with van der Waals surface area (Å²) in [5, 5.41) is 33.4. The standard InChI is InChI=1S/C12H22N4O7S/c1-5(18)9(13)11(21)14-2-8(19)15-6(3-17)10(20)16-7(4-24)12(22)23/h5-7,9,17-18,24H,2-4,13H2,1H3,(H,14,21)(H,15,19)(H,16,20)(H,22,23). The zero-order valence-corrected chi connectivity index (χ0v) is 13.8. The van der Waals surface area contributed by atoms with E-state index in [4.69, 9.17) is 21.1 Å². The van der Waals surface area contributed by atoms with Gasteiger partial charge in [0.15, 0.2) is 0 Å². The number of hydrogen-bond acceptors (Lipinski definition) is 8. The van der Waals surface area contributed by atoms with Crippen LogP contribution in [0.5, 0.6) is 0 Å². The Kier molecular flexibility index (Phi) is 9.95. The molecular weight excluding hydrogens is 344 g/mol. The average Bonchev–Trinajstić information content (AvgIpc) is 2.53. The molecule has 0 bridgehead atoms. The minimum Gasteiger partial charge on any atom is -0.480 e. The Bertz CT molecular complexity index is 474. The molecule has 0 heterocycles. The molecular formula is C12H22N4O7S. The third-order valence-corrected chi connectivity index (χ3v) is 3.24. The van der Waals surface area contributed by atoms with E-state index >= 15 is 0 Å². The molecule has 8 N–H and O–H groups in total. The normalized spacial score (nSPS) is 15.5. The van der Waals surface area contributed by atoms with Crippen molar-refractivity contribution in [2.45, 2.75) is 31.2 Å². The number of aliphatic hydroxyl groups excluding tert-OH is 2. The molecule has 0 aliphatic rings. The first-order valence-corrected chi connectivity index (χ1v) is 7.52. The van der Waals surface area contributed by atoms with E-state index in [2.05, 4.69) is 28.6 Å². The summed E-state index contributed by atoms with van der Waals surface area (Å²) in [6.07, 6.45) is -1.11. The predicted molar refractivity (Wildman–Crippen MR) is 85.1 cm³/mol. The van der Waals surface area contributed by atoms with Gasteiger partial charge in [0, 0.05) is 5.75 Å². The molecule has 0 spiro atoms. The molecule has 11 nitrogen and oxygen atoms in total. The van der Waals surface area contributed by atoms with E-state index in [-0.39, 0.29) is 5.75 Å². The number of hydrogen-bond donors (Lipinski definition) is 8. The first-order valence-electron chi connectivity index (χ1n) is 6.89. The van der Waals surface area contributed by atoms with E-state index in [9.17, 15) is 19.2 Å². The van der Waals surface area contributed by atoms with Gasteiger partial charge in [-0.05, 0) is 6.92 Å². The van der Waals surface area contributed by atoms with Crippen molar-refractivity contribution >= 4 is 36.3 Å². The number of aliphatic carboxylic acids is 1. The third kappa shape index (κ3) is 7.59. The van der Waals surface area contributed by atoms with Gasteiger partial charge in [-0.15, -0.1) is 0 Å². The van der Waals surface area contributed by atoms with E-state index in [1.165, 1.54) is 6.92 Å². The van der Waals surface area contributed by atoms with Crippen molar-refractivity contribution in [2.24, 2.45) is 5.73 Å². The summed E-state index contributed by atoms with van der Waals surface area (Å²) in [5.41, 5.74) is 5.36. The minimum atomic E-state index is -1.40. The van der Waals surface area contributed by atoms with Crippen LogP contribution in [-0.2, 0) is 19.2 Å². The topological polar surface area (TPSA) is 191 Å². The smallest absolute Gasteiger partial charge is 0.327 e. The van der Waals surface area contributed by atoms with Gasteiger partial charge in [-0.2, -0.15) is 12.6 Å². The molecule has 4 unspecified atom stereocenters. The van der Waals surface area contributed by atoms with Gasteiger partial charge in [0.2, 0.25) is 17.7 Å². The van der Waals surface area contributed by atoms with Gasteiger partial charge in [0.25, 0.3) is 0 Å². The quantitative estimate of drug-likeness (QED) is 0.178. The van der Waals surface area contributed by atoms with Crippen LogP contribution < -0.4 is 21.7 Å². The summed E-state index contributed by atoms with van der Waals surface area (Å²) < 4.78 is 0. The number of nitrogens with two attached hydrogens (primary N) is 1. The molecule has 0 aromatic carbocycles. The predicted octanol–water partition coefficient (Wildman–Crippen LogP) is -4.21. The second-order valence-electron chi connectivity index (χ2n) is 4.87. The van der Waals surface area contributed by atoms with Gasteiger partial charge in [-0.3, -0.25) is 14.4 Å². The van der Waals surface area contributed by atoms with Crippen LogP contribution in [0.3, 0.4) is 0 Å². The Hall–Kier alpha value is -1.89. The summed E-state index contributed by atoms with van der Waals surface area (Å²) in [6.45, 7) is -0.0215.